The lowest BCUT2D eigenvalue weighted by Gasteiger charge is -2.23. The largest absolute Gasteiger partial charge is 0.456 e. The van der Waals surface area contributed by atoms with Crippen molar-refractivity contribution in [1.82, 2.24) is 5.32 Å². The van der Waals surface area contributed by atoms with E-state index < -0.39 is 0 Å². The molecule has 9 aromatic carbocycles. The molecular formula is C53H33N3O2. The molecule has 0 saturated carbocycles. The van der Waals surface area contributed by atoms with E-state index in [0.29, 0.717) is 5.84 Å². The van der Waals surface area contributed by atoms with Crippen LogP contribution in [0.2, 0.25) is 0 Å². The van der Waals surface area contributed by atoms with Crippen molar-refractivity contribution in [2.45, 2.75) is 6.17 Å². The number of nitrogens with one attached hydrogen (secondary N) is 1. The Bertz CT molecular complexity index is 3480. The summed E-state index contributed by atoms with van der Waals surface area (Å²) in [5.74, 6) is 1.44. The maximum Gasteiger partial charge on any atom is 0.159 e. The topological polar surface area (TPSA) is 63.0 Å². The quantitative estimate of drug-likeness (QED) is 0.179. The second-order valence-corrected chi connectivity index (χ2v) is 15.0. The molecule has 0 aliphatic carbocycles. The summed E-state index contributed by atoms with van der Waals surface area (Å²) in [4.78, 5) is 10.2. The van der Waals surface area contributed by atoms with E-state index in [0.717, 1.165) is 83.1 Å². The lowest BCUT2D eigenvalue weighted by molar-refractivity contribution is 0.655. The van der Waals surface area contributed by atoms with E-state index in [4.69, 9.17) is 18.8 Å². The zero-order valence-electron chi connectivity index (χ0n) is 31.2. The van der Waals surface area contributed by atoms with Gasteiger partial charge in [-0.15, -0.1) is 0 Å². The average molecular weight is 744 g/mol. The van der Waals surface area contributed by atoms with E-state index in [1.807, 2.05) is 36.4 Å². The van der Waals surface area contributed by atoms with E-state index in [-0.39, 0.29) is 6.17 Å². The highest BCUT2D eigenvalue weighted by Crippen LogP contribution is 2.40. The van der Waals surface area contributed by atoms with Crippen molar-refractivity contribution >= 4 is 77.1 Å². The van der Waals surface area contributed by atoms with Crippen LogP contribution in [-0.2, 0) is 0 Å². The van der Waals surface area contributed by atoms with Crippen molar-refractivity contribution in [3.8, 4) is 22.3 Å². The Hall–Kier alpha value is -7.76. The van der Waals surface area contributed by atoms with Gasteiger partial charge < -0.3 is 14.2 Å². The second kappa shape index (κ2) is 12.9. The monoisotopic (exact) mass is 743 g/mol. The van der Waals surface area contributed by atoms with Crippen LogP contribution in [0.15, 0.2) is 207 Å². The van der Waals surface area contributed by atoms with Crippen LogP contribution in [0.3, 0.4) is 0 Å². The fourth-order valence-electron chi connectivity index (χ4n) is 8.64. The van der Waals surface area contributed by atoms with E-state index >= 15 is 0 Å². The maximum atomic E-state index is 6.44. The van der Waals surface area contributed by atoms with Gasteiger partial charge in [0, 0.05) is 38.2 Å². The Morgan fingerprint density at radius 1 is 0.397 bits per heavy atom. The highest BCUT2D eigenvalue weighted by molar-refractivity contribution is 6.15. The standard InChI is InChI=1S/C53H33N3O2/c1-2-10-34(11-3-1)51-54-52(56-53(55-51)39-24-27-44-43-13-6-7-15-46(43)58-49(44)31-39)35-20-17-33(18-21-35)42-14-8-16-48-50(42)45-30-37(25-28-47(45)57-48)36-23-26-41-38(29-36)22-19-32-9-4-5-12-40(32)41/h1-31,53H,(H,54,55,56). The third-order valence-electron chi connectivity index (χ3n) is 11.5. The molecule has 1 aliphatic rings. The van der Waals surface area contributed by atoms with Gasteiger partial charge in [-0.25, -0.2) is 9.98 Å². The van der Waals surface area contributed by atoms with Gasteiger partial charge in [0.25, 0.3) is 0 Å². The van der Waals surface area contributed by atoms with Crippen molar-refractivity contribution in [1.29, 1.82) is 0 Å². The molecule has 12 rings (SSSR count). The fraction of sp³-hybridized carbons (Fsp3) is 0.0189. The molecule has 0 spiro atoms. The second-order valence-electron chi connectivity index (χ2n) is 15.0. The number of amidine groups is 2. The molecule has 0 saturated heterocycles. The SMILES string of the molecule is c1ccc(C2=NC(c3ccc(-c4cccc5oc6ccc(-c7ccc8c(ccc9ccccc98)c7)cc6c45)cc3)=NC(c3ccc4c(c3)oc3ccccc34)N2)cc1. The minimum atomic E-state index is -0.359. The summed E-state index contributed by atoms with van der Waals surface area (Å²) in [7, 11) is 0. The van der Waals surface area contributed by atoms with Crippen LogP contribution < -0.4 is 5.32 Å². The number of para-hydroxylation sites is 1. The normalized spacial score (nSPS) is 14.4. The van der Waals surface area contributed by atoms with Gasteiger partial charge in [0.15, 0.2) is 5.84 Å². The number of nitrogens with zero attached hydrogens (tertiary/aromatic N) is 2. The Labute approximate surface area is 333 Å². The summed E-state index contributed by atoms with van der Waals surface area (Å²) in [6.45, 7) is 0. The van der Waals surface area contributed by atoms with Crippen molar-refractivity contribution in [2.75, 3.05) is 0 Å². The average Bonchev–Trinajstić information content (AvgIpc) is 3.87. The molecule has 0 bridgehead atoms. The van der Waals surface area contributed by atoms with Gasteiger partial charge in [-0.1, -0.05) is 152 Å². The molecule has 0 fully saturated rings. The third-order valence-corrected chi connectivity index (χ3v) is 11.5. The lowest BCUT2D eigenvalue weighted by Crippen LogP contribution is -2.33. The highest BCUT2D eigenvalue weighted by Gasteiger charge is 2.23. The number of hydrogen-bond donors (Lipinski definition) is 1. The molecule has 11 aromatic rings. The molecule has 1 N–H and O–H groups in total. The predicted octanol–water partition coefficient (Wildman–Crippen LogP) is 13.6. The summed E-state index contributed by atoms with van der Waals surface area (Å²) in [5.41, 5.74) is 10.9. The van der Waals surface area contributed by atoms with Gasteiger partial charge in [0.1, 0.15) is 34.3 Å². The first-order valence-electron chi connectivity index (χ1n) is 19.6. The van der Waals surface area contributed by atoms with E-state index in [1.54, 1.807) is 0 Å². The summed E-state index contributed by atoms with van der Waals surface area (Å²) >= 11 is 0. The Morgan fingerprint density at radius 3 is 1.97 bits per heavy atom. The first-order valence-corrected chi connectivity index (χ1v) is 19.6. The molecule has 0 amide bonds. The van der Waals surface area contributed by atoms with Gasteiger partial charge >= 0.3 is 0 Å². The number of aliphatic imine (C=N–C) groups is 2. The lowest BCUT2D eigenvalue weighted by atomic mass is 9.95. The van der Waals surface area contributed by atoms with Gasteiger partial charge in [-0.3, -0.25) is 0 Å². The molecule has 58 heavy (non-hydrogen) atoms. The minimum Gasteiger partial charge on any atom is -0.456 e. The van der Waals surface area contributed by atoms with Crippen LogP contribution in [0.4, 0.5) is 0 Å². The molecule has 1 unspecified atom stereocenters. The highest BCUT2D eigenvalue weighted by atomic mass is 16.3. The van der Waals surface area contributed by atoms with Gasteiger partial charge in [-0.05, 0) is 80.2 Å². The van der Waals surface area contributed by atoms with Gasteiger partial charge in [0.2, 0.25) is 0 Å². The van der Waals surface area contributed by atoms with Crippen LogP contribution in [0, 0.1) is 0 Å². The van der Waals surface area contributed by atoms with Crippen LogP contribution in [0.25, 0.3) is 87.7 Å². The van der Waals surface area contributed by atoms with Crippen molar-refractivity contribution < 1.29 is 8.83 Å². The minimum absolute atomic E-state index is 0.359. The Kier molecular flexibility index (Phi) is 7.23. The first kappa shape index (κ1) is 32.5. The number of hydrogen-bond acceptors (Lipinski definition) is 5. The molecule has 0 radical (unpaired) electrons. The third kappa shape index (κ3) is 5.32. The van der Waals surface area contributed by atoms with Crippen molar-refractivity contribution in [3.63, 3.8) is 0 Å². The molecule has 2 aromatic heterocycles. The van der Waals surface area contributed by atoms with Crippen molar-refractivity contribution in [3.05, 3.63) is 205 Å². The fourth-order valence-corrected chi connectivity index (χ4v) is 8.64. The van der Waals surface area contributed by atoms with E-state index in [9.17, 15) is 0 Å². The summed E-state index contributed by atoms with van der Waals surface area (Å²) < 4.78 is 12.7. The van der Waals surface area contributed by atoms with Gasteiger partial charge in [-0.2, -0.15) is 0 Å². The molecule has 5 nitrogen and oxygen atoms in total. The van der Waals surface area contributed by atoms with Crippen LogP contribution in [0.5, 0.6) is 0 Å². The first-order chi connectivity index (χ1) is 28.7. The number of benzene rings is 9. The van der Waals surface area contributed by atoms with Crippen LogP contribution >= 0.6 is 0 Å². The molecule has 272 valence electrons. The Morgan fingerprint density at radius 2 is 1.05 bits per heavy atom. The van der Waals surface area contributed by atoms with Crippen molar-refractivity contribution in [2.24, 2.45) is 9.98 Å². The molecule has 5 heteroatoms. The van der Waals surface area contributed by atoms with E-state index in [1.165, 1.54) is 27.1 Å². The molecule has 1 atom stereocenters. The van der Waals surface area contributed by atoms with Crippen LogP contribution in [-0.4, -0.2) is 11.7 Å². The van der Waals surface area contributed by atoms with Gasteiger partial charge in [0.05, 0.1) is 0 Å². The summed E-state index contributed by atoms with van der Waals surface area (Å²) in [5, 5.41) is 13.0. The smallest absolute Gasteiger partial charge is 0.159 e. The molecule has 3 heterocycles. The number of rotatable bonds is 5. The Balaban J connectivity index is 0.922. The zero-order chi connectivity index (χ0) is 38.2. The number of fused-ring (bicyclic) bond motifs is 9. The van der Waals surface area contributed by atoms with E-state index in [2.05, 4.69) is 157 Å². The predicted molar refractivity (Wildman–Crippen MR) is 239 cm³/mol. The summed E-state index contributed by atoms with van der Waals surface area (Å²) in [6, 6.07) is 65.9. The maximum absolute atomic E-state index is 6.44. The number of furan rings is 2. The van der Waals surface area contributed by atoms with Crippen LogP contribution in [0.1, 0.15) is 22.9 Å². The molecule has 1 aliphatic heterocycles. The zero-order valence-corrected chi connectivity index (χ0v) is 31.2. The molecular weight excluding hydrogens is 711 g/mol. The summed E-state index contributed by atoms with van der Waals surface area (Å²) in [6.07, 6.45) is -0.359.